The van der Waals surface area contributed by atoms with Gasteiger partial charge in [-0.15, -0.1) is 23.5 Å². The molecule has 1 heterocycles. The second-order valence-corrected chi connectivity index (χ2v) is 11.7. The lowest BCUT2D eigenvalue weighted by Gasteiger charge is -2.21. The summed E-state index contributed by atoms with van der Waals surface area (Å²) in [5.41, 5.74) is 2.48. The Bertz CT molecular complexity index is 991. The van der Waals surface area contributed by atoms with Gasteiger partial charge in [-0.2, -0.15) is 0 Å². The van der Waals surface area contributed by atoms with Crippen molar-refractivity contribution >= 4 is 36.2 Å². The molecule has 0 spiro atoms. The molecule has 1 aliphatic rings. The highest BCUT2D eigenvalue weighted by molar-refractivity contribution is 8.00. The number of rotatable bonds is 1. The Labute approximate surface area is 181 Å². The molecular formula is C24H25O2PS2. The first kappa shape index (κ1) is 20.8. The third kappa shape index (κ3) is 5.38. The van der Waals surface area contributed by atoms with Crippen molar-refractivity contribution < 1.29 is 9.09 Å². The molecule has 0 bridgehead atoms. The van der Waals surface area contributed by atoms with Crippen LogP contribution in [0.4, 0.5) is 0 Å². The first-order valence-electron chi connectivity index (χ1n) is 9.95. The number of thioether (sulfide) groups is 2. The minimum atomic E-state index is -2.96. The zero-order valence-electron chi connectivity index (χ0n) is 16.3. The average molecular weight is 441 g/mol. The Morgan fingerprint density at radius 3 is 2.17 bits per heavy atom. The normalized spacial score (nSPS) is 20.8. The van der Waals surface area contributed by atoms with Crippen LogP contribution in [0.15, 0.2) is 88.7 Å². The van der Waals surface area contributed by atoms with E-state index in [1.165, 1.54) is 15.4 Å². The van der Waals surface area contributed by atoms with E-state index in [0.717, 1.165) is 35.2 Å². The Balaban J connectivity index is 1.67. The predicted molar refractivity (Wildman–Crippen MR) is 126 cm³/mol. The minimum absolute atomic E-state index is 0.441. The van der Waals surface area contributed by atoms with Crippen LogP contribution < -0.4 is 5.30 Å². The highest BCUT2D eigenvalue weighted by Crippen LogP contribution is 2.50. The fourth-order valence-electron chi connectivity index (χ4n) is 3.38. The SMILES string of the molecule is O=P1(c2ccccc2)Cc2ccccc2SCc2ccccc2SCCCCO1. The Hall–Kier alpha value is -1.45. The van der Waals surface area contributed by atoms with E-state index in [9.17, 15) is 4.57 Å². The van der Waals surface area contributed by atoms with Gasteiger partial charge in [0.15, 0.2) is 0 Å². The molecule has 0 saturated heterocycles. The van der Waals surface area contributed by atoms with Crippen LogP contribution in [0.1, 0.15) is 24.0 Å². The van der Waals surface area contributed by atoms with Gasteiger partial charge in [-0.25, -0.2) is 0 Å². The molecule has 0 radical (unpaired) electrons. The molecule has 29 heavy (non-hydrogen) atoms. The summed E-state index contributed by atoms with van der Waals surface area (Å²) in [4.78, 5) is 2.55. The Morgan fingerprint density at radius 2 is 1.38 bits per heavy atom. The van der Waals surface area contributed by atoms with E-state index in [1.807, 2.05) is 59.9 Å². The van der Waals surface area contributed by atoms with Gasteiger partial charge >= 0.3 is 0 Å². The molecule has 2 nitrogen and oxygen atoms in total. The summed E-state index contributed by atoms with van der Waals surface area (Å²) < 4.78 is 20.1. The van der Waals surface area contributed by atoms with Crippen molar-refractivity contribution in [3.05, 3.63) is 90.0 Å². The quantitative estimate of drug-likeness (QED) is 0.381. The maximum Gasteiger partial charge on any atom is 0.236 e. The van der Waals surface area contributed by atoms with Gasteiger partial charge < -0.3 is 4.52 Å². The first-order valence-corrected chi connectivity index (χ1v) is 13.7. The largest absolute Gasteiger partial charge is 0.325 e. The summed E-state index contributed by atoms with van der Waals surface area (Å²) in [7, 11) is -2.96. The second-order valence-electron chi connectivity index (χ2n) is 7.06. The monoisotopic (exact) mass is 440 g/mol. The predicted octanol–water partition coefficient (Wildman–Crippen LogP) is 6.99. The molecule has 0 amide bonds. The summed E-state index contributed by atoms with van der Waals surface area (Å²) in [6.45, 7) is 0.531. The summed E-state index contributed by atoms with van der Waals surface area (Å²) in [6.07, 6.45) is 2.41. The molecule has 0 aliphatic carbocycles. The molecule has 4 rings (SSSR count). The van der Waals surface area contributed by atoms with E-state index >= 15 is 0 Å². The van der Waals surface area contributed by atoms with Gasteiger partial charge in [0.1, 0.15) is 0 Å². The number of fused-ring (bicyclic) bond motifs is 2. The molecule has 0 fully saturated rings. The zero-order chi connectivity index (χ0) is 19.9. The van der Waals surface area contributed by atoms with Crippen LogP contribution in [0.3, 0.4) is 0 Å². The van der Waals surface area contributed by atoms with Crippen LogP contribution in [0.5, 0.6) is 0 Å². The van der Waals surface area contributed by atoms with Gasteiger partial charge in [0.2, 0.25) is 7.37 Å². The number of hydrogen-bond donors (Lipinski definition) is 0. The van der Waals surface area contributed by atoms with Crippen molar-refractivity contribution in [2.45, 2.75) is 34.5 Å². The van der Waals surface area contributed by atoms with Crippen LogP contribution in [0, 0.1) is 0 Å². The van der Waals surface area contributed by atoms with Crippen molar-refractivity contribution in [1.29, 1.82) is 0 Å². The molecule has 0 N–H and O–H groups in total. The number of hydrogen-bond acceptors (Lipinski definition) is 4. The molecule has 0 saturated carbocycles. The van der Waals surface area contributed by atoms with E-state index in [1.54, 1.807) is 0 Å². The van der Waals surface area contributed by atoms with E-state index in [4.69, 9.17) is 4.52 Å². The van der Waals surface area contributed by atoms with Gasteiger partial charge in [0.25, 0.3) is 0 Å². The molecule has 3 aromatic rings. The van der Waals surface area contributed by atoms with Crippen molar-refractivity contribution in [1.82, 2.24) is 0 Å². The topological polar surface area (TPSA) is 26.3 Å². The van der Waals surface area contributed by atoms with Crippen molar-refractivity contribution in [2.75, 3.05) is 12.4 Å². The third-order valence-corrected chi connectivity index (χ3v) is 9.76. The molecule has 1 atom stereocenters. The summed E-state index contributed by atoms with van der Waals surface area (Å²) >= 11 is 3.74. The second kappa shape index (κ2) is 10.0. The maximum atomic E-state index is 13.9. The average Bonchev–Trinajstić information content (AvgIpc) is 2.76. The van der Waals surface area contributed by atoms with E-state index < -0.39 is 7.37 Å². The standard InChI is InChI=1S/C24H25O2PS2/c25-27(22-12-2-1-3-13-22)18-20-10-4-6-14-23(20)29-19-21-11-5-7-15-24(21)28-17-9-8-16-26-27/h1-7,10-15H,8-9,16-19H2. The van der Waals surface area contributed by atoms with Crippen molar-refractivity contribution in [3.8, 4) is 0 Å². The molecule has 0 aromatic heterocycles. The van der Waals surface area contributed by atoms with Gasteiger partial charge in [-0.3, -0.25) is 4.57 Å². The Kier molecular flexibility index (Phi) is 7.20. The molecule has 1 aliphatic heterocycles. The highest BCUT2D eigenvalue weighted by Gasteiger charge is 2.27. The minimum Gasteiger partial charge on any atom is -0.325 e. The van der Waals surface area contributed by atoms with Crippen LogP contribution in [0.2, 0.25) is 0 Å². The summed E-state index contributed by atoms with van der Waals surface area (Å²) in [5.74, 6) is 1.97. The molecule has 1 unspecified atom stereocenters. The van der Waals surface area contributed by atoms with Crippen LogP contribution in [-0.4, -0.2) is 12.4 Å². The van der Waals surface area contributed by atoms with Gasteiger partial charge in [-0.1, -0.05) is 54.6 Å². The first-order chi connectivity index (χ1) is 14.2. The summed E-state index contributed by atoms with van der Waals surface area (Å²) in [6, 6.07) is 26.7. The zero-order valence-corrected chi connectivity index (χ0v) is 18.9. The Morgan fingerprint density at radius 1 is 0.724 bits per heavy atom. The van der Waals surface area contributed by atoms with E-state index in [-0.39, 0.29) is 0 Å². The molecule has 5 heteroatoms. The fourth-order valence-corrected chi connectivity index (χ4v) is 7.91. The lowest BCUT2D eigenvalue weighted by atomic mass is 10.2. The van der Waals surface area contributed by atoms with Crippen LogP contribution in [-0.2, 0) is 21.0 Å². The highest BCUT2D eigenvalue weighted by atomic mass is 32.2. The molecular weight excluding hydrogens is 415 g/mol. The van der Waals surface area contributed by atoms with Crippen LogP contribution >= 0.6 is 30.9 Å². The molecule has 3 aromatic carbocycles. The maximum absolute atomic E-state index is 13.9. The fraction of sp³-hybridized carbons (Fsp3) is 0.250. The van der Waals surface area contributed by atoms with Crippen molar-refractivity contribution in [2.24, 2.45) is 0 Å². The third-order valence-electron chi connectivity index (χ3n) is 4.95. The van der Waals surface area contributed by atoms with E-state index in [2.05, 4.69) is 42.5 Å². The lowest BCUT2D eigenvalue weighted by molar-refractivity contribution is 0.312. The number of benzene rings is 3. The lowest BCUT2D eigenvalue weighted by Crippen LogP contribution is -2.11. The summed E-state index contributed by atoms with van der Waals surface area (Å²) in [5, 5.41) is 0.812. The van der Waals surface area contributed by atoms with Crippen LogP contribution in [0.25, 0.3) is 0 Å². The smallest absolute Gasteiger partial charge is 0.236 e. The van der Waals surface area contributed by atoms with Gasteiger partial charge in [0, 0.05) is 20.8 Å². The van der Waals surface area contributed by atoms with Gasteiger partial charge in [-0.05, 0) is 54.0 Å². The van der Waals surface area contributed by atoms with Gasteiger partial charge in [0.05, 0.1) is 12.8 Å². The van der Waals surface area contributed by atoms with Crippen molar-refractivity contribution in [3.63, 3.8) is 0 Å². The molecule has 150 valence electrons. The van der Waals surface area contributed by atoms with E-state index in [0.29, 0.717) is 12.8 Å².